The summed E-state index contributed by atoms with van der Waals surface area (Å²) >= 11 is 0. The molecule has 0 bridgehead atoms. The first-order chi connectivity index (χ1) is 11.3. The zero-order chi connectivity index (χ0) is 15.9. The monoisotopic (exact) mass is 338 g/mol. The van der Waals surface area contributed by atoms with Gasteiger partial charge in [0.05, 0.1) is 0 Å². The van der Waals surface area contributed by atoms with Gasteiger partial charge in [-0.25, -0.2) is 0 Å². The molecule has 2 aromatic carbocycles. The van der Waals surface area contributed by atoms with Crippen LogP contribution in [0.4, 0.5) is 0 Å². The van der Waals surface area contributed by atoms with Crippen LogP contribution >= 0.6 is 21.8 Å². The number of aryl methyl sites for hydroxylation is 1. The second kappa shape index (κ2) is 8.20. The number of aromatic nitrogens is 1. The van der Waals surface area contributed by atoms with E-state index in [-0.39, 0.29) is 0 Å². The predicted octanol–water partition coefficient (Wildman–Crippen LogP) is 5.50. The lowest BCUT2D eigenvalue weighted by molar-refractivity contribution is 0.983. The number of benzene rings is 2. The molecule has 0 aliphatic heterocycles. The molecule has 0 amide bonds. The van der Waals surface area contributed by atoms with Crippen LogP contribution in [0.5, 0.6) is 0 Å². The molecule has 1 aromatic heterocycles. The zero-order valence-corrected chi connectivity index (χ0v) is 14.5. The first kappa shape index (κ1) is 16.1. The molecule has 3 rings (SSSR count). The Morgan fingerprint density at radius 3 is 2.65 bits per heavy atom. The van der Waals surface area contributed by atoms with Crippen LogP contribution in [-0.2, 0) is 6.54 Å². The van der Waals surface area contributed by atoms with Gasteiger partial charge in [0.25, 0.3) is 0 Å². The maximum Gasteiger partial charge on any atom is 0.0413 e. The van der Waals surface area contributed by atoms with Crippen molar-refractivity contribution in [3.8, 4) is 11.1 Å². The fourth-order valence-corrected chi connectivity index (χ4v) is 3.85. The van der Waals surface area contributed by atoms with Crippen molar-refractivity contribution in [2.45, 2.75) is 18.4 Å². The van der Waals surface area contributed by atoms with Crippen LogP contribution in [0.2, 0.25) is 0 Å². The number of nitrogens with one attached hydrogen (secondary N) is 1. The van der Waals surface area contributed by atoms with E-state index in [1.165, 1.54) is 22.3 Å². The Morgan fingerprint density at radius 2 is 1.87 bits per heavy atom. The molecule has 23 heavy (non-hydrogen) atoms. The van der Waals surface area contributed by atoms with E-state index in [0.29, 0.717) is 0 Å². The minimum absolute atomic E-state index is 0.831. The third-order valence-corrected chi connectivity index (χ3v) is 5.45. The number of rotatable bonds is 6. The molecule has 116 valence electrons. The highest BCUT2D eigenvalue weighted by Crippen LogP contribution is 2.28. The van der Waals surface area contributed by atoms with E-state index in [4.69, 9.17) is 0 Å². The largest absolute Gasteiger partial charge is 0.264 e. The molecule has 0 saturated heterocycles. The Kier molecular flexibility index (Phi) is 5.75. The van der Waals surface area contributed by atoms with E-state index in [2.05, 4.69) is 71.2 Å². The summed E-state index contributed by atoms with van der Waals surface area (Å²) in [5.74, 6) is 0. The highest BCUT2D eigenvalue weighted by molar-refractivity contribution is 8.76. The van der Waals surface area contributed by atoms with Crippen molar-refractivity contribution < 1.29 is 0 Å². The summed E-state index contributed by atoms with van der Waals surface area (Å²) in [7, 11) is 3.32. The maximum atomic E-state index is 4.11. The summed E-state index contributed by atoms with van der Waals surface area (Å²) in [4.78, 5) is 5.27. The molecule has 0 aliphatic rings. The Balaban J connectivity index is 1.60. The van der Waals surface area contributed by atoms with Crippen molar-refractivity contribution in [2.24, 2.45) is 0 Å². The Hall–Kier alpha value is -1.75. The third kappa shape index (κ3) is 4.61. The van der Waals surface area contributed by atoms with E-state index in [0.717, 1.165) is 11.4 Å². The Labute approximate surface area is 145 Å². The van der Waals surface area contributed by atoms with Crippen LogP contribution in [0.15, 0.2) is 78.0 Å². The van der Waals surface area contributed by atoms with Crippen molar-refractivity contribution in [3.63, 3.8) is 0 Å². The number of pyridine rings is 1. The SMILES string of the molecule is Cc1ccc(CNSSc2cccnc2)cc1-c1ccccc1. The lowest BCUT2D eigenvalue weighted by Gasteiger charge is -2.10. The van der Waals surface area contributed by atoms with Crippen LogP contribution in [0.1, 0.15) is 11.1 Å². The van der Waals surface area contributed by atoms with Crippen molar-refractivity contribution >= 4 is 21.8 Å². The zero-order valence-electron chi connectivity index (χ0n) is 12.9. The number of hydrogen-bond acceptors (Lipinski definition) is 4. The molecule has 0 saturated carbocycles. The summed E-state index contributed by atoms with van der Waals surface area (Å²) in [6.07, 6.45) is 3.66. The van der Waals surface area contributed by atoms with Crippen LogP contribution in [-0.4, -0.2) is 4.98 Å². The molecule has 1 heterocycles. The van der Waals surface area contributed by atoms with Gasteiger partial charge < -0.3 is 0 Å². The second-order valence-electron chi connectivity index (χ2n) is 5.19. The molecule has 0 unspecified atom stereocenters. The second-order valence-corrected chi connectivity index (χ2v) is 7.29. The molecule has 1 N–H and O–H groups in total. The Morgan fingerprint density at radius 1 is 1.00 bits per heavy atom. The summed E-state index contributed by atoms with van der Waals surface area (Å²) < 4.78 is 3.40. The number of nitrogens with zero attached hydrogens (tertiary/aromatic N) is 1. The fraction of sp³-hybridized carbons (Fsp3) is 0.105. The highest BCUT2D eigenvalue weighted by atomic mass is 33.1. The minimum atomic E-state index is 0.831. The van der Waals surface area contributed by atoms with Gasteiger partial charge in [-0.1, -0.05) is 42.5 Å². The van der Waals surface area contributed by atoms with Gasteiger partial charge in [0.1, 0.15) is 0 Å². The smallest absolute Gasteiger partial charge is 0.0413 e. The standard InChI is InChI=1S/C19H18N2S2/c1-15-9-10-16(12-19(15)17-6-3-2-4-7-17)13-21-23-22-18-8-5-11-20-14-18/h2-12,14,21H,13H2,1H3. The molecule has 0 atom stereocenters. The van der Waals surface area contributed by atoms with E-state index in [9.17, 15) is 0 Å². The molecule has 0 aliphatic carbocycles. The molecule has 0 spiro atoms. The average molecular weight is 339 g/mol. The normalized spacial score (nSPS) is 10.7. The van der Waals surface area contributed by atoms with Crippen LogP contribution in [0.25, 0.3) is 11.1 Å². The highest BCUT2D eigenvalue weighted by Gasteiger charge is 2.03. The molecular formula is C19H18N2S2. The van der Waals surface area contributed by atoms with Crippen LogP contribution in [0.3, 0.4) is 0 Å². The van der Waals surface area contributed by atoms with E-state index < -0.39 is 0 Å². The maximum absolute atomic E-state index is 4.11. The molecule has 2 nitrogen and oxygen atoms in total. The lowest BCUT2D eigenvalue weighted by Crippen LogP contribution is -2.01. The van der Waals surface area contributed by atoms with Gasteiger partial charge in [0, 0.05) is 23.8 Å². The summed E-state index contributed by atoms with van der Waals surface area (Å²) in [6, 6.07) is 21.2. The van der Waals surface area contributed by atoms with Crippen LogP contribution in [0, 0.1) is 6.92 Å². The third-order valence-electron chi connectivity index (χ3n) is 3.49. The lowest BCUT2D eigenvalue weighted by atomic mass is 9.98. The summed E-state index contributed by atoms with van der Waals surface area (Å²) in [5, 5.41) is 0. The summed E-state index contributed by atoms with van der Waals surface area (Å²) in [6.45, 7) is 2.99. The topological polar surface area (TPSA) is 24.9 Å². The average Bonchev–Trinajstić information content (AvgIpc) is 2.62. The van der Waals surface area contributed by atoms with Gasteiger partial charge >= 0.3 is 0 Å². The van der Waals surface area contributed by atoms with Crippen molar-refractivity contribution in [1.82, 2.24) is 9.71 Å². The van der Waals surface area contributed by atoms with E-state index in [1.807, 2.05) is 12.3 Å². The van der Waals surface area contributed by atoms with E-state index >= 15 is 0 Å². The van der Waals surface area contributed by atoms with Gasteiger partial charge in [0.2, 0.25) is 0 Å². The summed E-state index contributed by atoms with van der Waals surface area (Å²) in [5.41, 5.74) is 5.16. The van der Waals surface area contributed by atoms with Gasteiger partial charge in [-0.15, -0.1) is 0 Å². The first-order valence-corrected chi connectivity index (χ1v) is 9.59. The minimum Gasteiger partial charge on any atom is -0.264 e. The molecule has 0 radical (unpaired) electrons. The quantitative estimate of drug-likeness (QED) is 0.364. The van der Waals surface area contributed by atoms with Gasteiger partial charge in [-0.2, -0.15) is 0 Å². The van der Waals surface area contributed by atoms with Gasteiger partial charge in [-0.3, -0.25) is 9.71 Å². The van der Waals surface area contributed by atoms with Crippen molar-refractivity contribution in [3.05, 3.63) is 84.2 Å². The van der Waals surface area contributed by atoms with Gasteiger partial charge in [-0.05, 0) is 69.2 Å². The van der Waals surface area contributed by atoms with E-state index in [1.54, 1.807) is 28.0 Å². The molecule has 3 aromatic rings. The molecule has 4 heteroatoms. The van der Waals surface area contributed by atoms with Gasteiger partial charge in [0.15, 0.2) is 0 Å². The molecular weight excluding hydrogens is 320 g/mol. The van der Waals surface area contributed by atoms with Crippen molar-refractivity contribution in [2.75, 3.05) is 0 Å². The number of hydrogen-bond donors (Lipinski definition) is 1. The van der Waals surface area contributed by atoms with Crippen molar-refractivity contribution in [1.29, 1.82) is 0 Å². The van der Waals surface area contributed by atoms with Crippen LogP contribution < -0.4 is 4.72 Å². The fourth-order valence-electron chi connectivity index (χ4n) is 2.29. The Bertz CT molecular complexity index is 746. The predicted molar refractivity (Wildman–Crippen MR) is 101 cm³/mol. The first-order valence-electron chi connectivity index (χ1n) is 7.44. The molecule has 0 fully saturated rings.